The average molecular weight is 421 g/mol. The lowest BCUT2D eigenvalue weighted by atomic mass is 10.1. The number of amides is 4. The van der Waals surface area contributed by atoms with E-state index in [4.69, 9.17) is 4.74 Å². The molecule has 1 saturated carbocycles. The van der Waals surface area contributed by atoms with E-state index in [0.717, 1.165) is 34.7 Å². The molecule has 2 heterocycles. The van der Waals surface area contributed by atoms with Gasteiger partial charge in [-0.05, 0) is 75.6 Å². The smallest absolute Gasteiger partial charge is 0.335 e. The fraction of sp³-hybridized carbons (Fsp3) is 0.375. The van der Waals surface area contributed by atoms with E-state index in [2.05, 4.69) is 9.88 Å². The number of rotatable bonds is 5. The number of carbonyl (C=O) groups excluding carboxylic acids is 3. The van der Waals surface area contributed by atoms with Crippen molar-refractivity contribution in [3.05, 3.63) is 52.9 Å². The monoisotopic (exact) mass is 421 g/mol. The minimum atomic E-state index is -0.757. The summed E-state index contributed by atoms with van der Waals surface area (Å²) >= 11 is 0. The zero-order chi connectivity index (χ0) is 22.1. The standard InChI is InChI=1S/C24H27N3O4/c1-4-31-20-11-9-19(10-12-20)27-23(29)21(22(28)25-24(27)30)14-17-13-15(2)26(16(17)3)18-7-5-6-8-18/h9-14,18H,4-8H2,1-3H3,(H,25,28,30)/b21-14+. The maximum Gasteiger partial charge on any atom is 0.335 e. The van der Waals surface area contributed by atoms with Crippen molar-refractivity contribution in [1.82, 2.24) is 9.88 Å². The van der Waals surface area contributed by atoms with Gasteiger partial charge in [0.25, 0.3) is 11.8 Å². The zero-order valence-electron chi connectivity index (χ0n) is 18.1. The largest absolute Gasteiger partial charge is 0.494 e. The van der Waals surface area contributed by atoms with Crippen molar-refractivity contribution in [2.24, 2.45) is 0 Å². The van der Waals surface area contributed by atoms with Gasteiger partial charge in [0.2, 0.25) is 0 Å². The lowest BCUT2D eigenvalue weighted by molar-refractivity contribution is -0.122. The molecule has 31 heavy (non-hydrogen) atoms. The Morgan fingerprint density at radius 3 is 2.42 bits per heavy atom. The van der Waals surface area contributed by atoms with Crippen LogP contribution < -0.4 is 15.0 Å². The number of aryl methyl sites for hydroxylation is 1. The molecule has 1 N–H and O–H groups in total. The molecule has 1 aromatic heterocycles. The highest BCUT2D eigenvalue weighted by Crippen LogP contribution is 2.34. The Morgan fingerprint density at radius 1 is 1.10 bits per heavy atom. The first kappa shape index (κ1) is 20.9. The topological polar surface area (TPSA) is 80.6 Å². The van der Waals surface area contributed by atoms with Gasteiger partial charge in [-0.2, -0.15) is 0 Å². The molecule has 2 aliphatic rings. The third kappa shape index (κ3) is 3.87. The molecule has 0 radical (unpaired) electrons. The second-order valence-corrected chi connectivity index (χ2v) is 8.02. The molecule has 4 rings (SSSR count). The highest BCUT2D eigenvalue weighted by molar-refractivity contribution is 6.39. The Kier molecular flexibility index (Phi) is 5.67. The van der Waals surface area contributed by atoms with E-state index in [0.29, 0.717) is 24.1 Å². The minimum Gasteiger partial charge on any atom is -0.494 e. The summed E-state index contributed by atoms with van der Waals surface area (Å²) in [5.74, 6) is -0.672. The summed E-state index contributed by atoms with van der Waals surface area (Å²) in [6.45, 7) is 6.45. The molecule has 0 unspecified atom stereocenters. The second-order valence-electron chi connectivity index (χ2n) is 8.02. The van der Waals surface area contributed by atoms with Gasteiger partial charge < -0.3 is 9.30 Å². The molecule has 1 aliphatic heterocycles. The van der Waals surface area contributed by atoms with E-state index in [1.807, 2.05) is 26.8 Å². The molecule has 4 amide bonds. The van der Waals surface area contributed by atoms with Crippen LogP contribution in [0.3, 0.4) is 0 Å². The molecule has 0 atom stereocenters. The number of imide groups is 2. The number of carbonyl (C=O) groups is 3. The van der Waals surface area contributed by atoms with Crippen LogP contribution in [0.25, 0.3) is 6.08 Å². The highest BCUT2D eigenvalue weighted by Gasteiger charge is 2.37. The van der Waals surface area contributed by atoms with E-state index in [1.165, 1.54) is 12.8 Å². The summed E-state index contributed by atoms with van der Waals surface area (Å²) in [6, 6.07) is 8.34. The molecule has 7 heteroatoms. The summed E-state index contributed by atoms with van der Waals surface area (Å²) in [5, 5.41) is 2.29. The Balaban J connectivity index is 1.67. The Labute approximate surface area is 181 Å². The van der Waals surface area contributed by atoms with Gasteiger partial charge >= 0.3 is 6.03 Å². The van der Waals surface area contributed by atoms with Crippen molar-refractivity contribution >= 4 is 29.6 Å². The quantitative estimate of drug-likeness (QED) is 0.577. The molecule has 0 bridgehead atoms. The summed E-state index contributed by atoms with van der Waals surface area (Å²) in [4.78, 5) is 39.1. The normalized spacial score (nSPS) is 18.7. The van der Waals surface area contributed by atoms with Crippen molar-refractivity contribution in [1.29, 1.82) is 0 Å². The number of benzene rings is 1. The van der Waals surface area contributed by atoms with Crippen LogP contribution in [-0.2, 0) is 9.59 Å². The van der Waals surface area contributed by atoms with Crippen LogP contribution in [0.15, 0.2) is 35.9 Å². The van der Waals surface area contributed by atoms with Gasteiger partial charge in [-0.25, -0.2) is 9.69 Å². The minimum absolute atomic E-state index is 0.0554. The lowest BCUT2D eigenvalue weighted by Gasteiger charge is -2.26. The van der Waals surface area contributed by atoms with Crippen LogP contribution in [0.1, 0.15) is 55.6 Å². The van der Waals surface area contributed by atoms with E-state index < -0.39 is 17.8 Å². The van der Waals surface area contributed by atoms with Crippen molar-refractivity contribution < 1.29 is 19.1 Å². The number of hydrogen-bond donors (Lipinski definition) is 1. The maximum absolute atomic E-state index is 13.2. The molecule has 1 saturated heterocycles. The van der Waals surface area contributed by atoms with Crippen LogP contribution in [0.2, 0.25) is 0 Å². The Bertz CT molecular complexity index is 1060. The van der Waals surface area contributed by atoms with E-state index >= 15 is 0 Å². The number of ether oxygens (including phenoxy) is 1. The highest BCUT2D eigenvalue weighted by atomic mass is 16.5. The van der Waals surface area contributed by atoms with Crippen molar-refractivity contribution in [3.8, 4) is 5.75 Å². The number of nitrogens with zero attached hydrogens (tertiary/aromatic N) is 2. The lowest BCUT2D eigenvalue weighted by Crippen LogP contribution is -2.54. The molecule has 1 aliphatic carbocycles. The maximum atomic E-state index is 13.2. The van der Waals surface area contributed by atoms with Crippen LogP contribution in [0.5, 0.6) is 5.75 Å². The third-order valence-electron chi connectivity index (χ3n) is 6.02. The fourth-order valence-corrected chi connectivity index (χ4v) is 4.58. The van der Waals surface area contributed by atoms with E-state index in [1.54, 1.807) is 30.3 Å². The second kappa shape index (κ2) is 8.41. The van der Waals surface area contributed by atoms with E-state index in [-0.39, 0.29) is 5.57 Å². The number of hydrogen-bond acceptors (Lipinski definition) is 4. The van der Waals surface area contributed by atoms with Gasteiger partial charge in [-0.15, -0.1) is 0 Å². The van der Waals surface area contributed by atoms with Crippen LogP contribution >= 0.6 is 0 Å². The summed E-state index contributed by atoms with van der Waals surface area (Å²) < 4.78 is 7.72. The van der Waals surface area contributed by atoms with Crippen LogP contribution in [-0.4, -0.2) is 29.0 Å². The van der Waals surface area contributed by atoms with Gasteiger partial charge in [-0.3, -0.25) is 14.9 Å². The van der Waals surface area contributed by atoms with Crippen LogP contribution in [0, 0.1) is 13.8 Å². The molecule has 0 spiro atoms. The number of nitrogens with one attached hydrogen (secondary N) is 1. The van der Waals surface area contributed by atoms with Crippen LogP contribution in [0.4, 0.5) is 10.5 Å². The van der Waals surface area contributed by atoms with Gasteiger partial charge in [0.15, 0.2) is 0 Å². The van der Waals surface area contributed by atoms with Gasteiger partial charge in [0, 0.05) is 17.4 Å². The fourth-order valence-electron chi connectivity index (χ4n) is 4.58. The SMILES string of the molecule is CCOc1ccc(N2C(=O)NC(=O)/C(=C\c3cc(C)n(C4CCCC4)c3C)C2=O)cc1. The number of urea groups is 1. The first-order valence-corrected chi connectivity index (χ1v) is 10.7. The number of anilines is 1. The predicted octanol–water partition coefficient (Wildman–Crippen LogP) is 4.29. The first-order valence-electron chi connectivity index (χ1n) is 10.7. The molecule has 7 nitrogen and oxygen atoms in total. The predicted molar refractivity (Wildman–Crippen MR) is 118 cm³/mol. The molecule has 2 fully saturated rings. The third-order valence-corrected chi connectivity index (χ3v) is 6.02. The van der Waals surface area contributed by atoms with Crippen molar-refractivity contribution in [3.63, 3.8) is 0 Å². The molecular weight excluding hydrogens is 394 g/mol. The summed E-state index contributed by atoms with van der Waals surface area (Å²) in [7, 11) is 0. The Morgan fingerprint density at radius 2 is 1.77 bits per heavy atom. The summed E-state index contributed by atoms with van der Waals surface area (Å²) in [6.07, 6.45) is 6.33. The van der Waals surface area contributed by atoms with Gasteiger partial charge in [-0.1, -0.05) is 12.8 Å². The van der Waals surface area contributed by atoms with E-state index in [9.17, 15) is 14.4 Å². The molecular formula is C24H27N3O4. The zero-order valence-corrected chi connectivity index (χ0v) is 18.1. The van der Waals surface area contributed by atoms with Gasteiger partial charge in [0.1, 0.15) is 11.3 Å². The van der Waals surface area contributed by atoms with Crippen molar-refractivity contribution in [2.45, 2.75) is 52.5 Å². The van der Waals surface area contributed by atoms with Gasteiger partial charge in [0.05, 0.1) is 12.3 Å². The summed E-state index contributed by atoms with van der Waals surface area (Å²) in [5.41, 5.74) is 3.28. The first-order chi connectivity index (χ1) is 14.9. The van der Waals surface area contributed by atoms with Crippen molar-refractivity contribution in [2.75, 3.05) is 11.5 Å². The Hall–Kier alpha value is -3.35. The average Bonchev–Trinajstić information content (AvgIpc) is 3.34. The molecule has 2 aromatic rings. The number of barbiturate groups is 1. The number of aromatic nitrogens is 1. The molecule has 1 aromatic carbocycles. The molecule has 162 valence electrons.